The van der Waals surface area contributed by atoms with Crippen molar-refractivity contribution in [1.29, 1.82) is 0 Å². The lowest BCUT2D eigenvalue weighted by molar-refractivity contribution is 1.03. The maximum Gasteiger partial charge on any atom is 0.151 e. The van der Waals surface area contributed by atoms with Gasteiger partial charge in [-0.15, -0.1) is 10.2 Å². The van der Waals surface area contributed by atoms with Gasteiger partial charge < -0.3 is 6.15 Å². The van der Waals surface area contributed by atoms with E-state index < -0.39 is 0 Å². The van der Waals surface area contributed by atoms with E-state index >= 15 is 0 Å². The summed E-state index contributed by atoms with van der Waals surface area (Å²) in [6, 6.07) is 3.16. The first-order valence-corrected chi connectivity index (χ1v) is 2.69. The molecule has 0 radical (unpaired) electrons. The van der Waals surface area contributed by atoms with Crippen LogP contribution in [0.15, 0.2) is 12.1 Å². The van der Waals surface area contributed by atoms with Crippen molar-refractivity contribution in [3.63, 3.8) is 0 Å². The molecule has 9 heavy (non-hydrogen) atoms. The van der Waals surface area contributed by atoms with Gasteiger partial charge >= 0.3 is 0 Å². The minimum Gasteiger partial charge on any atom is -0.344 e. The minimum atomic E-state index is 0. The Hall–Kier alpha value is -0.380. The van der Waals surface area contributed by atoms with E-state index in [2.05, 4.69) is 10.2 Å². The molecule has 0 amide bonds. The van der Waals surface area contributed by atoms with E-state index in [0.29, 0.717) is 10.3 Å². The molecule has 1 aromatic rings. The molecule has 50 valence electrons. The van der Waals surface area contributed by atoms with Crippen LogP contribution in [-0.4, -0.2) is 10.2 Å². The molecule has 3 N–H and O–H groups in total. The highest BCUT2D eigenvalue weighted by molar-refractivity contribution is 6.31. The highest BCUT2D eigenvalue weighted by atomic mass is 35.5. The average molecular weight is 166 g/mol. The summed E-state index contributed by atoms with van der Waals surface area (Å²) in [5, 5.41) is 7.64. The zero-order chi connectivity index (χ0) is 5.98. The van der Waals surface area contributed by atoms with Crippen LogP contribution < -0.4 is 6.15 Å². The van der Waals surface area contributed by atoms with E-state index in [-0.39, 0.29) is 6.15 Å². The molecule has 0 aliphatic heterocycles. The van der Waals surface area contributed by atoms with Crippen molar-refractivity contribution >= 4 is 23.2 Å². The highest BCUT2D eigenvalue weighted by Crippen LogP contribution is 2.05. The first-order valence-electron chi connectivity index (χ1n) is 1.94. The second kappa shape index (κ2) is 3.61. The maximum atomic E-state index is 5.38. The van der Waals surface area contributed by atoms with Crippen LogP contribution in [0.3, 0.4) is 0 Å². The summed E-state index contributed by atoms with van der Waals surface area (Å²) in [7, 11) is 0. The van der Waals surface area contributed by atoms with E-state index in [1.165, 1.54) is 0 Å². The fraction of sp³-hybridized carbons (Fsp3) is 0. The quantitative estimate of drug-likeness (QED) is 0.640. The van der Waals surface area contributed by atoms with Crippen molar-refractivity contribution < 1.29 is 0 Å². The Labute approximate surface area is 62.6 Å². The third kappa shape index (κ3) is 2.60. The van der Waals surface area contributed by atoms with Crippen molar-refractivity contribution in [3.8, 4) is 0 Å². The van der Waals surface area contributed by atoms with Crippen LogP contribution in [0.5, 0.6) is 0 Å². The lowest BCUT2D eigenvalue weighted by atomic mass is 10.6. The molecule has 5 heteroatoms. The normalized spacial score (nSPS) is 8.22. The number of halogens is 2. The first kappa shape index (κ1) is 8.62. The van der Waals surface area contributed by atoms with E-state index in [1.807, 2.05) is 0 Å². The van der Waals surface area contributed by atoms with Crippen LogP contribution in [0.25, 0.3) is 0 Å². The summed E-state index contributed by atoms with van der Waals surface area (Å²) in [6.45, 7) is 0. The van der Waals surface area contributed by atoms with Gasteiger partial charge in [-0.05, 0) is 12.1 Å². The third-order valence-electron chi connectivity index (χ3n) is 0.599. The Bertz CT molecular complexity index is 153. The summed E-state index contributed by atoms with van der Waals surface area (Å²) in [4.78, 5) is 0. The molecule has 1 heterocycles. The zero-order valence-corrected chi connectivity index (χ0v) is 6.02. The molecule has 0 aliphatic rings. The molecule has 0 atom stereocenters. The van der Waals surface area contributed by atoms with Gasteiger partial charge in [0.05, 0.1) is 0 Å². The molecular formula is C4H5Cl2N3. The summed E-state index contributed by atoms with van der Waals surface area (Å²) < 4.78 is 0. The second-order valence-electron chi connectivity index (χ2n) is 1.18. The average Bonchev–Trinajstić information content (AvgIpc) is 1.77. The first-order chi connectivity index (χ1) is 3.79. The van der Waals surface area contributed by atoms with Gasteiger partial charge in [0.1, 0.15) is 0 Å². The largest absolute Gasteiger partial charge is 0.344 e. The van der Waals surface area contributed by atoms with Crippen molar-refractivity contribution in [3.05, 3.63) is 22.4 Å². The number of hydrogen-bond acceptors (Lipinski definition) is 3. The summed E-state index contributed by atoms with van der Waals surface area (Å²) in [5.74, 6) is 0. The Balaban J connectivity index is 0.000000640. The van der Waals surface area contributed by atoms with Gasteiger partial charge in [-0.2, -0.15) is 0 Å². The Morgan fingerprint density at radius 1 is 1.00 bits per heavy atom. The monoisotopic (exact) mass is 165 g/mol. The molecule has 0 aromatic carbocycles. The molecule has 0 spiro atoms. The minimum absolute atomic E-state index is 0. The molecule has 0 bridgehead atoms. The topological polar surface area (TPSA) is 60.8 Å². The predicted octanol–water partition coefficient (Wildman–Crippen LogP) is 1.95. The van der Waals surface area contributed by atoms with Gasteiger partial charge in [0.25, 0.3) is 0 Å². The molecular weight excluding hydrogens is 161 g/mol. The van der Waals surface area contributed by atoms with E-state index in [9.17, 15) is 0 Å². The van der Waals surface area contributed by atoms with Crippen LogP contribution in [0, 0.1) is 0 Å². The summed E-state index contributed by atoms with van der Waals surface area (Å²) >= 11 is 10.8. The van der Waals surface area contributed by atoms with E-state index in [4.69, 9.17) is 23.2 Å². The summed E-state index contributed by atoms with van der Waals surface area (Å²) in [6.07, 6.45) is 0. The Morgan fingerprint density at radius 3 is 1.56 bits per heavy atom. The van der Waals surface area contributed by atoms with Gasteiger partial charge in [-0.1, -0.05) is 23.2 Å². The van der Waals surface area contributed by atoms with Crippen molar-refractivity contribution in [2.45, 2.75) is 0 Å². The van der Waals surface area contributed by atoms with Crippen LogP contribution in [0.4, 0.5) is 0 Å². The number of nitrogens with zero attached hydrogens (tertiary/aromatic N) is 2. The smallest absolute Gasteiger partial charge is 0.151 e. The van der Waals surface area contributed by atoms with E-state index in [0.717, 1.165) is 0 Å². The SMILES string of the molecule is Clc1ccc(Cl)nn1.N. The maximum absolute atomic E-state index is 5.38. The standard InChI is InChI=1S/C4H2Cl2N2.H3N/c5-3-1-2-4(6)8-7-3;/h1-2H;1H3. The molecule has 0 unspecified atom stereocenters. The van der Waals surface area contributed by atoms with Crippen LogP contribution in [0.2, 0.25) is 10.3 Å². The van der Waals surface area contributed by atoms with Crippen molar-refractivity contribution in [2.75, 3.05) is 0 Å². The van der Waals surface area contributed by atoms with Gasteiger partial charge in [0.2, 0.25) is 0 Å². The predicted molar refractivity (Wildman–Crippen MR) is 37.1 cm³/mol. The van der Waals surface area contributed by atoms with Gasteiger partial charge in [0.15, 0.2) is 10.3 Å². The fourth-order valence-electron chi connectivity index (χ4n) is 0.300. The molecule has 0 fully saturated rings. The van der Waals surface area contributed by atoms with E-state index in [1.54, 1.807) is 12.1 Å². The van der Waals surface area contributed by atoms with Gasteiger partial charge in [-0.25, -0.2) is 0 Å². The van der Waals surface area contributed by atoms with Gasteiger partial charge in [0, 0.05) is 0 Å². The molecule has 0 saturated heterocycles. The molecule has 1 aromatic heterocycles. The fourth-order valence-corrected chi connectivity index (χ4v) is 0.501. The molecule has 0 saturated carbocycles. The lowest BCUT2D eigenvalue weighted by Crippen LogP contribution is -1.78. The van der Waals surface area contributed by atoms with Crippen LogP contribution >= 0.6 is 23.2 Å². The highest BCUT2D eigenvalue weighted by Gasteiger charge is 1.87. The second-order valence-corrected chi connectivity index (χ2v) is 1.95. The van der Waals surface area contributed by atoms with Crippen LogP contribution in [0.1, 0.15) is 0 Å². The number of hydrogen-bond donors (Lipinski definition) is 1. The zero-order valence-electron chi connectivity index (χ0n) is 4.51. The third-order valence-corrected chi connectivity index (χ3v) is 1.00. The summed E-state index contributed by atoms with van der Waals surface area (Å²) in [5.41, 5.74) is 0. The molecule has 1 rings (SSSR count). The molecule has 0 aliphatic carbocycles. The number of aromatic nitrogens is 2. The lowest BCUT2D eigenvalue weighted by Gasteiger charge is -1.83. The number of rotatable bonds is 0. The van der Waals surface area contributed by atoms with Gasteiger partial charge in [-0.3, -0.25) is 0 Å². The Morgan fingerprint density at radius 2 is 1.33 bits per heavy atom. The van der Waals surface area contributed by atoms with Crippen molar-refractivity contribution in [2.24, 2.45) is 0 Å². The Kier molecular flexibility index (Phi) is 3.46. The van der Waals surface area contributed by atoms with Crippen LogP contribution in [-0.2, 0) is 0 Å². The van der Waals surface area contributed by atoms with Crippen molar-refractivity contribution in [1.82, 2.24) is 16.3 Å². The molecule has 3 nitrogen and oxygen atoms in total.